The van der Waals surface area contributed by atoms with Gasteiger partial charge in [0.2, 0.25) is 29.1 Å². The molecule has 0 aliphatic heterocycles. The Kier molecular flexibility index (Phi) is 6.19. The van der Waals surface area contributed by atoms with E-state index in [0.29, 0.717) is 6.54 Å². The first-order valence-corrected chi connectivity index (χ1v) is 6.28. The number of nitrogens with one attached hydrogen (secondary N) is 1. The van der Waals surface area contributed by atoms with Crippen LogP contribution < -0.4 is 10.1 Å². The van der Waals surface area contributed by atoms with E-state index >= 15 is 0 Å². The first-order chi connectivity index (χ1) is 9.40. The van der Waals surface area contributed by atoms with Crippen LogP contribution in [0.25, 0.3) is 0 Å². The van der Waals surface area contributed by atoms with Crippen LogP contribution in [0.5, 0.6) is 5.75 Å². The maximum absolute atomic E-state index is 13.3. The molecule has 1 rings (SSSR count). The molecule has 0 radical (unpaired) electrons. The zero-order valence-electron chi connectivity index (χ0n) is 11.2. The minimum atomic E-state index is -2.19. The Balaban J connectivity index is 2.77. The van der Waals surface area contributed by atoms with Crippen LogP contribution in [-0.4, -0.2) is 19.2 Å². The summed E-state index contributed by atoms with van der Waals surface area (Å²) in [5.74, 6) is -11.4. The molecular weight excluding hydrogens is 281 g/mol. The van der Waals surface area contributed by atoms with Gasteiger partial charge in [-0.3, -0.25) is 0 Å². The standard InChI is InChI=1S/C13H16F5NO/c1-3-4-5-19-6-7(2)20-13-11(17)9(15)8(14)10(16)12(13)18/h7,19H,3-6H2,1-2H3. The van der Waals surface area contributed by atoms with Gasteiger partial charge in [0, 0.05) is 6.54 Å². The molecule has 0 bridgehead atoms. The summed E-state index contributed by atoms with van der Waals surface area (Å²) in [6.07, 6.45) is 1.15. The second-order valence-corrected chi connectivity index (χ2v) is 4.39. The van der Waals surface area contributed by atoms with Gasteiger partial charge in [-0.1, -0.05) is 13.3 Å². The van der Waals surface area contributed by atoms with Gasteiger partial charge in [0.05, 0.1) is 0 Å². The Labute approximate surface area is 113 Å². The number of hydrogen-bond acceptors (Lipinski definition) is 2. The fraction of sp³-hybridized carbons (Fsp3) is 0.538. The van der Waals surface area contributed by atoms with Gasteiger partial charge in [-0.15, -0.1) is 0 Å². The molecule has 0 saturated heterocycles. The molecule has 0 saturated carbocycles. The highest BCUT2D eigenvalue weighted by Crippen LogP contribution is 2.29. The smallest absolute Gasteiger partial charge is 0.207 e. The normalized spacial score (nSPS) is 12.6. The van der Waals surface area contributed by atoms with Crippen LogP contribution in [0.15, 0.2) is 0 Å². The molecule has 114 valence electrons. The van der Waals surface area contributed by atoms with E-state index in [1.54, 1.807) is 0 Å². The summed E-state index contributed by atoms with van der Waals surface area (Å²) in [4.78, 5) is 0. The zero-order valence-corrected chi connectivity index (χ0v) is 11.2. The molecule has 0 aromatic heterocycles. The largest absolute Gasteiger partial charge is 0.483 e. The second kappa shape index (κ2) is 7.42. The van der Waals surface area contributed by atoms with Crippen molar-refractivity contribution in [1.29, 1.82) is 0 Å². The molecule has 1 unspecified atom stereocenters. The van der Waals surface area contributed by atoms with Crippen molar-refractivity contribution >= 4 is 0 Å². The number of benzene rings is 1. The van der Waals surface area contributed by atoms with E-state index in [-0.39, 0.29) is 6.54 Å². The predicted molar refractivity (Wildman–Crippen MR) is 64.1 cm³/mol. The van der Waals surface area contributed by atoms with Crippen molar-refractivity contribution < 1.29 is 26.7 Å². The van der Waals surface area contributed by atoms with Crippen molar-refractivity contribution in [1.82, 2.24) is 5.32 Å². The third kappa shape index (κ3) is 3.82. The quantitative estimate of drug-likeness (QED) is 0.360. The number of ether oxygens (including phenoxy) is 1. The monoisotopic (exact) mass is 297 g/mol. The van der Waals surface area contributed by atoms with E-state index in [2.05, 4.69) is 5.32 Å². The van der Waals surface area contributed by atoms with E-state index in [9.17, 15) is 22.0 Å². The van der Waals surface area contributed by atoms with E-state index in [1.165, 1.54) is 6.92 Å². The van der Waals surface area contributed by atoms with Crippen LogP contribution in [-0.2, 0) is 0 Å². The van der Waals surface area contributed by atoms with Crippen molar-refractivity contribution in [2.75, 3.05) is 13.1 Å². The molecule has 2 nitrogen and oxygen atoms in total. The Hall–Kier alpha value is -1.37. The van der Waals surface area contributed by atoms with Gasteiger partial charge in [-0.05, 0) is 19.9 Å². The molecule has 0 aliphatic rings. The number of rotatable bonds is 7. The Bertz CT molecular complexity index is 438. The summed E-state index contributed by atoms with van der Waals surface area (Å²) < 4.78 is 70.2. The van der Waals surface area contributed by atoms with Gasteiger partial charge in [0.15, 0.2) is 5.75 Å². The lowest BCUT2D eigenvalue weighted by Crippen LogP contribution is -2.30. The van der Waals surface area contributed by atoms with Crippen molar-refractivity contribution in [2.45, 2.75) is 32.8 Å². The molecular formula is C13H16F5NO. The molecule has 1 aromatic carbocycles. The first kappa shape index (κ1) is 16.7. The fourth-order valence-electron chi connectivity index (χ4n) is 1.54. The van der Waals surface area contributed by atoms with Crippen LogP contribution in [0.4, 0.5) is 22.0 Å². The summed E-state index contributed by atoms with van der Waals surface area (Å²) in [5, 5.41) is 2.95. The molecule has 1 atom stereocenters. The van der Waals surface area contributed by atoms with Gasteiger partial charge < -0.3 is 10.1 Å². The second-order valence-electron chi connectivity index (χ2n) is 4.39. The van der Waals surface area contributed by atoms with Gasteiger partial charge in [-0.2, -0.15) is 8.78 Å². The lowest BCUT2D eigenvalue weighted by atomic mass is 10.2. The predicted octanol–water partition coefficient (Wildman–Crippen LogP) is 3.54. The molecule has 1 N–H and O–H groups in total. The molecule has 0 spiro atoms. The highest BCUT2D eigenvalue weighted by molar-refractivity contribution is 5.29. The van der Waals surface area contributed by atoms with Crippen molar-refractivity contribution in [3.8, 4) is 5.75 Å². The summed E-state index contributed by atoms with van der Waals surface area (Å²) in [6, 6.07) is 0. The zero-order chi connectivity index (χ0) is 15.3. The molecule has 0 heterocycles. The van der Waals surface area contributed by atoms with Gasteiger partial charge >= 0.3 is 0 Å². The first-order valence-electron chi connectivity index (χ1n) is 6.28. The lowest BCUT2D eigenvalue weighted by Gasteiger charge is -2.17. The third-order valence-electron chi connectivity index (χ3n) is 2.63. The van der Waals surface area contributed by atoms with Gasteiger partial charge in [0.25, 0.3) is 0 Å². The average Bonchev–Trinajstić information content (AvgIpc) is 2.44. The van der Waals surface area contributed by atoms with Gasteiger partial charge in [0.1, 0.15) is 6.10 Å². The van der Waals surface area contributed by atoms with Crippen LogP contribution in [0.1, 0.15) is 26.7 Å². The van der Waals surface area contributed by atoms with E-state index in [0.717, 1.165) is 12.8 Å². The molecule has 0 aliphatic carbocycles. The molecule has 7 heteroatoms. The maximum Gasteiger partial charge on any atom is 0.207 e. The average molecular weight is 297 g/mol. The highest BCUT2D eigenvalue weighted by Gasteiger charge is 2.27. The van der Waals surface area contributed by atoms with Crippen molar-refractivity contribution in [3.63, 3.8) is 0 Å². The molecule has 1 aromatic rings. The molecule has 0 amide bonds. The summed E-state index contributed by atoms with van der Waals surface area (Å²) in [7, 11) is 0. The molecule has 0 fully saturated rings. The fourth-order valence-corrected chi connectivity index (χ4v) is 1.54. The van der Waals surface area contributed by atoms with E-state index in [4.69, 9.17) is 4.74 Å². The highest BCUT2D eigenvalue weighted by atomic mass is 19.2. The Morgan fingerprint density at radius 3 is 1.95 bits per heavy atom. The topological polar surface area (TPSA) is 21.3 Å². The lowest BCUT2D eigenvalue weighted by molar-refractivity contribution is 0.189. The van der Waals surface area contributed by atoms with Crippen LogP contribution >= 0.6 is 0 Å². The van der Waals surface area contributed by atoms with Crippen LogP contribution in [0.3, 0.4) is 0 Å². The number of unbranched alkanes of at least 4 members (excludes halogenated alkanes) is 1. The minimum absolute atomic E-state index is 0.236. The van der Waals surface area contributed by atoms with Crippen molar-refractivity contribution in [3.05, 3.63) is 29.1 Å². The Morgan fingerprint density at radius 2 is 1.45 bits per heavy atom. The van der Waals surface area contributed by atoms with Crippen LogP contribution in [0.2, 0.25) is 0 Å². The number of hydrogen-bond donors (Lipinski definition) is 1. The number of halogens is 5. The van der Waals surface area contributed by atoms with E-state index < -0.39 is 40.9 Å². The summed E-state index contributed by atoms with van der Waals surface area (Å²) in [6.45, 7) is 4.38. The summed E-state index contributed by atoms with van der Waals surface area (Å²) in [5.41, 5.74) is 0. The van der Waals surface area contributed by atoms with Gasteiger partial charge in [-0.25, -0.2) is 13.2 Å². The Morgan fingerprint density at radius 1 is 0.950 bits per heavy atom. The summed E-state index contributed by atoms with van der Waals surface area (Å²) >= 11 is 0. The maximum atomic E-state index is 13.3. The molecule has 20 heavy (non-hydrogen) atoms. The third-order valence-corrected chi connectivity index (χ3v) is 2.63. The van der Waals surface area contributed by atoms with Crippen LogP contribution in [0, 0.1) is 29.1 Å². The van der Waals surface area contributed by atoms with E-state index in [1.807, 2.05) is 6.92 Å². The minimum Gasteiger partial charge on any atom is -0.483 e. The SMILES string of the molecule is CCCCNCC(C)Oc1c(F)c(F)c(F)c(F)c1F. The van der Waals surface area contributed by atoms with Crippen molar-refractivity contribution in [2.24, 2.45) is 0 Å².